The molecule has 0 saturated heterocycles. The van der Waals surface area contributed by atoms with Crippen molar-refractivity contribution in [1.29, 1.82) is 0 Å². The van der Waals surface area contributed by atoms with E-state index in [1.54, 1.807) is 0 Å². The lowest BCUT2D eigenvalue weighted by molar-refractivity contribution is 0.407. The zero-order chi connectivity index (χ0) is 9.40. The molecule has 0 rings (SSSR count). The third-order valence-electron chi connectivity index (χ3n) is 2.23. The summed E-state index contributed by atoms with van der Waals surface area (Å²) in [6.07, 6.45) is 6.26. The van der Waals surface area contributed by atoms with Gasteiger partial charge in [-0.05, 0) is 25.2 Å². The van der Waals surface area contributed by atoms with Crippen molar-refractivity contribution in [2.45, 2.75) is 58.9 Å². The minimum atomic E-state index is 0.535. The maximum atomic E-state index is 5.45. The summed E-state index contributed by atoms with van der Waals surface area (Å²) in [5, 5.41) is 0. The number of hydrazine groups is 1. The molecule has 0 aliphatic rings. The highest BCUT2D eigenvalue weighted by molar-refractivity contribution is 4.64. The van der Waals surface area contributed by atoms with E-state index in [0.29, 0.717) is 6.04 Å². The molecule has 12 heavy (non-hydrogen) atoms. The van der Waals surface area contributed by atoms with Gasteiger partial charge in [0.05, 0.1) is 0 Å². The van der Waals surface area contributed by atoms with E-state index in [1.165, 1.54) is 32.1 Å². The molecular weight excluding hydrogens is 148 g/mol. The van der Waals surface area contributed by atoms with Gasteiger partial charge >= 0.3 is 0 Å². The van der Waals surface area contributed by atoms with E-state index >= 15 is 0 Å². The second-order valence-corrected chi connectivity index (χ2v) is 3.98. The normalized spacial score (nSPS) is 13.8. The Kier molecular flexibility index (Phi) is 7.51. The van der Waals surface area contributed by atoms with Crippen molar-refractivity contribution >= 4 is 0 Å². The summed E-state index contributed by atoms with van der Waals surface area (Å²) in [5.74, 6) is 6.24. The zero-order valence-corrected chi connectivity index (χ0v) is 8.77. The van der Waals surface area contributed by atoms with E-state index in [1.807, 2.05) is 0 Å². The Morgan fingerprint density at radius 2 is 1.83 bits per heavy atom. The summed E-state index contributed by atoms with van der Waals surface area (Å²) in [7, 11) is 0. The smallest absolute Gasteiger partial charge is 0.0210 e. The zero-order valence-electron chi connectivity index (χ0n) is 8.77. The standard InChI is InChI=1S/C10H24N2/c1-4-5-6-10(12-11)8-7-9(2)3/h9-10,12H,4-8,11H2,1-3H3. The highest BCUT2D eigenvalue weighted by Gasteiger charge is 2.06. The number of nitrogens with one attached hydrogen (secondary N) is 1. The van der Waals surface area contributed by atoms with Crippen LogP contribution in [0.25, 0.3) is 0 Å². The maximum absolute atomic E-state index is 5.45. The van der Waals surface area contributed by atoms with E-state index in [-0.39, 0.29) is 0 Å². The molecule has 0 amide bonds. The average molecular weight is 172 g/mol. The fraction of sp³-hybridized carbons (Fsp3) is 1.00. The summed E-state index contributed by atoms with van der Waals surface area (Å²) in [6.45, 7) is 6.73. The molecule has 0 aromatic carbocycles. The van der Waals surface area contributed by atoms with Crippen LogP contribution in [-0.2, 0) is 0 Å². The largest absolute Gasteiger partial charge is 0.271 e. The van der Waals surface area contributed by atoms with Crippen LogP contribution in [0.4, 0.5) is 0 Å². The first kappa shape index (κ1) is 11.9. The molecule has 0 heterocycles. The Bertz CT molecular complexity index is 91.8. The van der Waals surface area contributed by atoms with Gasteiger partial charge in [0.15, 0.2) is 0 Å². The van der Waals surface area contributed by atoms with E-state index in [4.69, 9.17) is 5.84 Å². The van der Waals surface area contributed by atoms with Crippen LogP contribution in [0, 0.1) is 5.92 Å². The van der Waals surface area contributed by atoms with Crippen LogP contribution in [0.1, 0.15) is 52.9 Å². The predicted molar refractivity (Wildman–Crippen MR) is 54.7 cm³/mol. The molecule has 74 valence electrons. The summed E-state index contributed by atoms with van der Waals surface area (Å²) in [5.41, 5.74) is 2.89. The molecule has 0 aliphatic carbocycles. The maximum Gasteiger partial charge on any atom is 0.0210 e. The molecule has 0 radical (unpaired) electrons. The van der Waals surface area contributed by atoms with Gasteiger partial charge in [-0.15, -0.1) is 0 Å². The van der Waals surface area contributed by atoms with Crippen molar-refractivity contribution in [2.24, 2.45) is 11.8 Å². The van der Waals surface area contributed by atoms with E-state index in [9.17, 15) is 0 Å². The summed E-state index contributed by atoms with van der Waals surface area (Å²) < 4.78 is 0. The molecule has 0 fully saturated rings. The molecule has 0 saturated carbocycles. The fourth-order valence-electron chi connectivity index (χ4n) is 1.30. The predicted octanol–water partition coefficient (Wildman–Crippen LogP) is 2.44. The minimum Gasteiger partial charge on any atom is -0.271 e. The van der Waals surface area contributed by atoms with E-state index in [2.05, 4.69) is 26.2 Å². The third-order valence-corrected chi connectivity index (χ3v) is 2.23. The third kappa shape index (κ3) is 6.62. The Labute approximate surface area is 76.9 Å². The second kappa shape index (κ2) is 7.56. The highest BCUT2D eigenvalue weighted by atomic mass is 15.2. The van der Waals surface area contributed by atoms with Gasteiger partial charge in [-0.3, -0.25) is 11.3 Å². The van der Waals surface area contributed by atoms with Gasteiger partial charge in [0.2, 0.25) is 0 Å². The van der Waals surface area contributed by atoms with Crippen LogP contribution in [0.3, 0.4) is 0 Å². The molecule has 3 N–H and O–H groups in total. The van der Waals surface area contributed by atoms with Crippen molar-refractivity contribution in [2.75, 3.05) is 0 Å². The highest BCUT2D eigenvalue weighted by Crippen LogP contribution is 2.10. The lowest BCUT2D eigenvalue weighted by atomic mass is 10.00. The molecule has 2 heteroatoms. The number of nitrogens with two attached hydrogens (primary N) is 1. The van der Waals surface area contributed by atoms with Crippen LogP contribution in [-0.4, -0.2) is 6.04 Å². The summed E-state index contributed by atoms with van der Waals surface area (Å²) in [6, 6.07) is 0.535. The van der Waals surface area contributed by atoms with Crippen LogP contribution < -0.4 is 11.3 Å². The Morgan fingerprint density at radius 1 is 1.17 bits per heavy atom. The SMILES string of the molecule is CCCCC(CCC(C)C)NN. The topological polar surface area (TPSA) is 38.0 Å². The van der Waals surface area contributed by atoms with E-state index < -0.39 is 0 Å². The molecule has 0 spiro atoms. The monoisotopic (exact) mass is 172 g/mol. The van der Waals surface area contributed by atoms with Crippen molar-refractivity contribution in [3.63, 3.8) is 0 Å². The fourth-order valence-corrected chi connectivity index (χ4v) is 1.30. The molecule has 0 aromatic heterocycles. The van der Waals surface area contributed by atoms with Gasteiger partial charge in [0.1, 0.15) is 0 Å². The van der Waals surface area contributed by atoms with Crippen LogP contribution in [0.15, 0.2) is 0 Å². The molecule has 0 aliphatic heterocycles. The lowest BCUT2D eigenvalue weighted by Gasteiger charge is -2.16. The molecule has 2 nitrogen and oxygen atoms in total. The Morgan fingerprint density at radius 3 is 2.25 bits per heavy atom. The summed E-state index contributed by atoms with van der Waals surface area (Å²) >= 11 is 0. The number of hydrogen-bond acceptors (Lipinski definition) is 2. The van der Waals surface area contributed by atoms with Crippen LogP contribution in [0.5, 0.6) is 0 Å². The number of hydrogen-bond donors (Lipinski definition) is 2. The molecule has 0 bridgehead atoms. The van der Waals surface area contributed by atoms with Crippen molar-refractivity contribution < 1.29 is 0 Å². The van der Waals surface area contributed by atoms with E-state index in [0.717, 1.165) is 5.92 Å². The van der Waals surface area contributed by atoms with Crippen molar-refractivity contribution in [3.05, 3.63) is 0 Å². The van der Waals surface area contributed by atoms with Crippen molar-refractivity contribution in [1.82, 2.24) is 5.43 Å². The first-order valence-electron chi connectivity index (χ1n) is 5.16. The molecule has 1 unspecified atom stereocenters. The van der Waals surface area contributed by atoms with Crippen LogP contribution >= 0.6 is 0 Å². The van der Waals surface area contributed by atoms with Crippen molar-refractivity contribution in [3.8, 4) is 0 Å². The quantitative estimate of drug-likeness (QED) is 0.457. The van der Waals surface area contributed by atoms with Gasteiger partial charge in [-0.2, -0.15) is 0 Å². The molecule has 1 atom stereocenters. The van der Waals surface area contributed by atoms with Gasteiger partial charge in [0.25, 0.3) is 0 Å². The van der Waals surface area contributed by atoms with Gasteiger partial charge in [0, 0.05) is 6.04 Å². The average Bonchev–Trinajstić information content (AvgIpc) is 2.05. The van der Waals surface area contributed by atoms with Gasteiger partial charge < -0.3 is 0 Å². The molecular formula is C10H24N2. The summed E-state index contributed by atoms with van der Waals surface area (Å²) in [4.78, 5) is 0. The number of rotatable bonds is 7. The number of unbranched alkanes of at least 4 members (excludes halogenated alkanes) is 1. The van der Waals surface area contributed by atoms with Gasteiger partial charge in [-0.1, -0.05) is 33.6 Å². The lowest BCUT2D eigenvalue weighted by Crippen LogP contribution is -2.35. The molecule has 0 aromatic rings. The first-order chi connectivity index (χ1) is 5.70. The first-order valence-corrected chi connectivity index (χ1v) is 5.16. The Balaban J connectivity index is 3.39. The minimum absolute atomic E-state index is 0.535. The van der Waals surface area contributed by atoms with Gasteiger partial charge in [-0.25, -0.2) is 0 Å². The van der Waals surface area contributed by atoms with Crippen LogP contribution in [0.2, 0.25) is 0 Å². The second-order valence-electron chi connectivity index (χ2n) is 3.98. The Hall–Kier alpha value is -0.0800.